The molecule has 3 rings (SSSR count). The molecule has 0 heterocycles. The van der Waals surface area contributed by atoms with E-state index in [1.165, 1.54) is 32.7 Å². The molecule has 0 saturated heterocycles. The third kappa shape index (κ3) is 1.80. The highest BCUT2D eigenvalue weighted by Gasteiger charge is 2.04. The van der Waals surface area contributed by atoms with Crippen molar-refractivity contribution in [1.82, 2.24) is 0 Å². The van der Waals surface area contributed by atoms with Crippen LogP contribution in [-0.4, -0.2) is 0 Å². The molecule has 84 valence electrons. The predicted molar refractivity (Wildman–Crippen MR) is 73.3 cm³/mol. The fourth-order valence-corrected chi connectivity index (χ4v) is 2.43. The summed E-state index contributed by atoms with van der Waals surface area (Å²) in [6.45, 7) is 4.37. The second-order valence-electron chi connectivity index (χ2n) is 4.82. The summed E-state index contributed by atoms with van der Waals surface area (Å²) in [5.41, 5.74) is 5.56. The van der Waals surface area contributed by atoms with Crippen molar-refractivity contribution in [2.45, 2.75) is 20.3 Å². The Balaban J connectivity index is 2.32. The van der Waals surface area contributed by atoms with E-state index in [2.05, 4.69) is 62.4 Å². The van der Waals surface area contributed by atoms with E-state index in [4.69, 9.17) is 0 Å². The van der Waals surface area contributed by atoms with Gasteiger partial charge in [0, 0.05) is 0 Å². The van der Waals surface area contributed by atoms with Gasteiger partial charge >= 0.3 is 0 Å². The van der Waals surface area contributed by atoms with Gasteiger partial charge in [-0.1, -0.05) is 42.5 Å². The molecule has 0 unspecified atom stereocenters. The Hall–Kier alpha value is -1.82. The van der Waals surface area contributed by atoms with Crippen LogP contribution in [0.5, 0.6) is 0 Å². The summed E-state index contributed by atoms with van der Waals surface area (Å²) in [7, 11) is 0. The lowest BCUT2D eigenvalue weighted by atomic mass is 9.98. The van der Waals surface area contributed by atoms with Gasteiger partial charge in [-0.05, 0) is 59.0 Å². The highest BCUT2D eigenvalue weighted by atomic mass is 14.1. The van der Waals surface area contributed by atoms with Gasteiger partial charge in [-0.3, -0.25) is 0 Å². The van der Waals surface area contributed by atoms with Crippen molar-refractivity contribution in [3.63, 3.8) is 0 Å². The number of fused-ring (bicyclic) bond motifs is 2. The zero-order chi connectivity index (χ0) is 11.8. The van der Waals surface area contributed by atoms with E-state index in [9.17, 15) is 0 Å². The molecule has 0 N–H and O–H groups in total. The highest BCUT2D eigenvalue weighted by Crippen LogP contribution is 2.18. The molecule has 0 amide bonds. The number of hydrogen-bond donors (Lipinski definition) is 0. The van der Waals surface area contributed by atoms with Crippen molar-refractivity contribution in [2.24, 2.45) is 0 Å². The van der Waals surface area contributed by atoms with Crippen LogP contribution in [0.2, 0.25) is 0 Å². The number of benzene rings is 2. The van der Waals surface area contributed by atoms with Gasteiger partial charge in [0.2, 0.25) is 0 Å². The fourth-order valence-electron chi connectivity index (χ4n) is 2.43. The molecule has 1 aliphatic rings. The lowest BCUT2D eigenvalue weighted by Crippen LogP contribution is -2.22. The summed E-state index contributed by atoms with van der Waals surface area (Å²) in [4.78, 5) is 0. The summed E-state index contributed by atoms with van der Waals surface area (Å²) in [6.07, 6.45) is 5.66. The van der Waals surface area contributed by atoms with Gasteiger partial charge in [0.05, 0.1) is 0 Å². The van der Waals surface area contributed by atoms with Crippen molar-refractivity contribution in [3.05, 3.63) is 69.1 Å². The molecule has 2 aromatic rings. The van der Waals surface area contributed by atoms with Crippen LogP contribution in [0.4, 0.5) is 0 Å². The maximum Gasteiger partial charge on any atom is -0.00822 e. The molecule has 2 aromatic carbocycles. The standard InChI is InChI=1S/C17H16/c1-12-9-16-8-7-14-5-3-4-6-15(14)11-17(16)10-13(12)2/h3-7,9-11H,8H2,1-2H3. The molecule has 0 fully saturated rings. The third-order valence-corrected chi connectivity index (χ3v) is 3.60. The highest BCUT2D eigenvalue weighted by molar-refractivity contribution is 5.60. The smallest absolute Gasteiger partial charge is 0.00822 e. The molecular weight excluding hydrogens is 204 g/mol. The van der Waals surface area contributed by atoms with Gasteiger partial charge < -0.3 is 0 Å². The molecule has 0 aromatic heterocycles. The molecule has 0 aliphatic heterocycles. The Labute approximate surface area is 102 Å². The van der Waals surface area contributed by atoms with Crippen molar-refractivity contribution < 1.29 is 0 Å². The summed E-state index contributed by atoms with van der Waals surface area (Å²) in [5, 5.41) is 2.67. The van der Waals surface area contributed by atoms with Crippen LogP contribution in [0.25, 0.3) is 12.2 Å². The second-order valence-corrected chi connectivity index (χ2v) is 4.82. The Morgan fingerprint density at radius 3 is 2.41 bits per heavy atom. The Kier molecular flexibility index (Phi) is 2.36. The summed E-state index contributed by atoms with van der Waals surface area (Å²) in [5.74, 6) is 0. The number of hydrogen-bond acceptors (Lipinski definition) is 0. The van der Waals surface area contributed by atoms with Gasteiger partial charge in [-0.25, -0.2) is 0 Å². The topological polar surface area (TPSA) is 0 Å². The molecular formula is C17H16. The first-order valence-corrected chi connectivity index (χ1v) is 6.11. The lowest BCUT2D eigenvalue weighted by Gasteiger charge is -2.07. The van der Waals surface area contributed by atoms with Crippen LogP contribution >= 0.6 is 0 Å². The maximum atomic E-state index is 2.33. The van der Waals surface area contributed by atoms with Crippen LogP contribution in [-0.2, 0) is 6.42 Å². The molecule has 0 bridgehead atoms. The molecule has 0 radical (unpaired) electrons. The molecule has 0 nitrogen and oxygen atoms in total. The van der Waals surface area contributed by atoms with Gasteiger partial charge in [0.25, 0.3) is 0 Å². The first-order chi connectivity index (χ1) is 8.24. The number of rotatable bonds is 0. The fraction of sp³-hybridized carbons (Fsp3) is 0.176. The van der Waals surface area contributed by atoms with Crippen LogP contribution in [0.1, 0.15) is 22.3 Å². The summed E-state index contributed by atoms with van der Waals surface area (Å²) in [6, 6.07) is 13.2. The molecule has 0 heteroatoms. The molecule has 17 heavy (non-hydrogen) atoms. The molecule has 1 aliphatic carbocycles. The van der Waals surface area contributed by atoms with E-state index < -0.39 is 0 Å². The average molecular weight is 220 g/mol. The normalized spacial score (nSPS) is 12.8. The van der Waals surface area contributed by atoms with Crippen molar-refractivity contribution >= 4 is 12.2 Å². The zero-order valence-electron chi connectivity index (χ0n) is 10.3. The van der Waals surface area contributed by atoms with Crippen LogP contribution < -0.4 is 10.4 Å². The lowest BCUT2D eigenvalue weighted by molar-refractivity contribution is 1.24. The van der Waals surface area contributed by atoms with Crippen LogP contribution in [0, 0.1) is 13.8 Å². The quantitative estimate of drug-likeness (QED) is 0.640. The third-order valence-electron chi connectivity index (χ3n) is 3.60. The molecule has 0 spiro atoms. The Bertz CT molecular complexity index is 690. The average Bonchev–Trinajstić information content (AvgIpc) is 2.49. The van der Waals surface area contributed by atoms with Gasteiger partial charge in [0.1, 0.15) is 0 Å². The van der Waals surface area contributed by atoms with Crippen LogP contribution in [0.3, 0.4) is 0 Å². The van der Waals surface area contributed by atoms with E-state index in [1.54, 1.807) is 0 Å². The number of aryl methyl sites for hydroxylation is 2. The minimum Gasteiger partial charge on any atom is -0.0722 e. The van der Waals surface area contributed by atoms with Crippen LogP contribution in [0.15, 0.2) is 36.4 Å². The minimum absolute atomic E-state index is 1.03. The first-order valence-electron chi connectivity index (χ1n) is 6.11. The Morgan fingerprint density at radius 2 is 1.59 bits per heavy atom. The van der Waals surface area contributed by atoms with E-state index >= 15 is 0 Å². The summed E-state index contributed by atoms with van der Waals surface area (Å²) >= 11 is 0. The van der Waals surface area contributed by atoms with Gasteiger partial charge in [0.15, 0.2) is 0 Å². The molecule has 0 saturated carbocycles. The van der Waals surface area contributed by atoms with Gasteiger partial charge in [-0.15, -0.1) is 0 Å². The van der Waals surface area contributed by atoms with Crippen molar-refractivity contribution in [1.29, 1.82) is 0 Å². The maximum absolute atomic E-state index is 2.33. The van der Waals surface area contributed by atoms with Crippen molar-refractivity contribution in [3.8, 4) is 0 Å². The van der Waals surface area contributed by atoms with Gasteiger partial charge in [-0.2, -0.15) is 0 Å². The monoisotopic (exact) mass is 220 g/mol. The first kappa shape index (κ1) is 10.3. The van der Waals surface area contributed by atoms with E-state index in [0.29, 0.717) is 0 Å². The second kappa shape index (κ2) is 3.89. The zero-order valence-corrected chi connectivity index (χ0v) is 10.3. The predicted octanol–water partition coefficient (Wildman–Crippen LogP) is 2.47. The SMILES string of the molecule is Cc1cc2c(cc1C)CC=c1ccccc1=C2. The van der Waals surface area contributed by atoms with Crippen molar-refractivity contribution in [2.75, 3.05) is 0 Å². The Morgan fingerprint density at radius 1 is 0.882 bits per heavy atom. The molecule has 0 atom stereocenters. The summed E-state index contributed by atoms with van der Waals surface area (Å²) < 4.78 is 0. The largest absolute Gasteiger partial charge is 0.0722 e. The minimum atomic E-state index is 1.03. The van der Waals surface area contributed by atoms with E-state index in [-0.39, 0.29) is 0 Å². The van der Waals surface area contributed by atoms with E-state index in [0.717, 1.165) is 6.42 Å². The van der Waals surface area contributed by atoms with E-state index in [1.807, 2.05) is 0 Å².